The molecule has 44 valence electrons. The Balaban J connectivity index is 0. The first-order valence-corrected chi connectivity index (χ1v) is 1.90. The van der Waals surface area contributed by atoms with Gasteiger partial charge in [-0.15, -0.1) is 0 Å². The van der Waals surface area contributed by atoms with E-state index in [4.69, 9.17) is 0 Å². The molecule has 2 nitrogen and oxygen atoms in total. The molecule has 0 spiro atoms. The van der Waals surface area contributed by atoms with Gasteiger partial charge in [0, 0.05) is 6.92 Å². The van der Waals surface area contributed by atoms with Crippen LogP contribution in [0.5, 0.6) is 0 Å². The Morgan fingerprint density at radius 1 is 1.71 bits per heavy atom. The van der Waals surface area contributed by atoms with E-state index in [1.807, 2.05) is 0 Å². The molecule has 0 atom stereocenters. The number of carbonyl (C=O) groups excluding carboxylic acids is 1. The Labute approximate surface area is 54.2 Å². The molecule has 0 saturated heterocycles. The molecule has 3 heteroatoms. The minimum absolute atomic E-state index is 0. The third-order valence-corrected chi connectivity index (χ3v) is 0.348. The van der Waals surface area contributed by atoms with Gasteiger partial charge in [0.15, 0.2) is 0 Å². The van der Waals surface area contributed by atoms with Crippen molar-refractivity contribution in [1.82, 2.24) is 0 Å². The minimum atomic E-state index is -0.211. The van der Waals surface area contributed by atoms with E-state index < -0.39 is 0 Å². The first-order chi connectivity index (χ1) is 2.77. The predicted octanol–water partition coefficient (Wildman–Crippen LogP) is -0.882. The van der Waals surface area contributed by atoms with Crippen molar-refractivity contribution in [3.8, 4) is 0 Å². The average Bonchev–Trinajstić information content (AvgIpc) is 1.35. The third-order valence-electron chi connectivity index (χ3n) is 0.348. The molecule has 0 aliphatic rings. The number of esters is 1. The summed E-state index contributed by atoms with van der Waals surface area (Å²) >= 11 is 0. The molecular formula is C4H12GeO2. The van der Waals surface area contributed by atoms with Crippen LogP contribution in [0.1, 0.15) is 13.8 Å². The van der Waals surface area contributed by atoms with Crippen LogP contribution in [-0.4, -0.2) is 30.2 Å². The Bertz CT molecular complexity index is 53.7. The third kappa shape index (κ3) is 10.7. The van der Waals surface area contributed by atoms with Gasteiger partial charge in [0.25, 0.3) is 0 Å². The van der Waals surface area contributed by atoms with Crippen molar-refractivity contribution >= 4 is 23.6 Å². The molecule has 7 heavy (non-hydrogen) atoms. The van der Waals surface area contributed by atoms with Gasteiger partial charge in [0.05, 0.1) is 6.61 Å². The summed E-state index contributed by atoms with van der Waals surface area (Å²) < 4.78 is 4.40. The zero-order valence-corrected chi connectivity index (χ0v) is 4.02. The molecule has 0 aromatic carbocycles. The van der Waals surface area contributed by atoms with Crippen LogP contribution in [0.3, 0.4) is 0 Å². The van der Waals surface area contributed by atoms with Crippen molar-refractivity contribution in [2.45, 2.75) is 13.8 Å². The SMILES string of the molecule is CCOC(C)=O.[GeH4]. The van der Waals surface area contributed by atoms with Gasteiger partial charge in [-0.2, -0.15) is 0 Å². The van der Waals surface area contributed by atoms with E-state index in [-0.39, 0.29) is 23.6 Å². The second-order valence-corrected chi connectivity index (χ2v) is 0.925. The fraction of sp³-hybridized carbons (Fsp3) is 0.750. The molecule has 0 amide bonds. The number of hydrogen-bond donors (Lipinski definition) is 0. The first-order valence-electron chi connectivity index (χ1n) is 1.90. The second-order valence-electron chi connectivity index (χ2n) is 0.925. The van der Waals surface area contributed by atoms with Crippen LogP contribution >= 0.6 is 0 Å². The number of hydrogen-bond acceptors (Lipinski definition) is 2. The number of ether oxygens (including phenoxy) is 1. The van der Waals surface area contributed by atoms with Gasteiger partial charge in [0.1, 0.15) is 0 Å². The molecule has 0 unspecified atom stereocenters. The predicted molar refractivity (Wildman–Crippen MR) is 33.6 cm³/mol. The van der Waals surface area contributed by atoms with E-state index in [9.17, 15) is 4.79 Å². The van der Waals surface area contributed by atoms with Gasteiger partial charge in [-0.3, -0.25) is 4.79 Å². The molecule has 0 heterocycles. The van der Waals surface area contributed by atoms with E-state index in [0.29, 0.717) is 6.61 Å². The van der Waals surface area contributed by atoms with Gasteiger partial charge >= 0.3 is 23.6 Å². The molecule has 0 aliphatic heterocycles. The van der Waals surface area contributed by atoms with Crippen molar-refractivity contribution in [2.75, 3.05) is 6.61 Å². The quantitative estimate of drug-likeness (QED) is 0.372. The topological polar surface area (TPSA) is 26.3 Å². The summed E-state index contributed by atoms with van der Waals surface area (Å²) in [7, 11) is 0. The van der Waals surface area contributed by atoms with E-state index in [1.54, 1.807) is 6.92 Å². The van der Waals surface area contributed by atoms with Gasteiger partial charge < -0.3 is 4.74 Å². The molecular weight excluding hydrogens is 153 g/mol. The normalized spacial score (nSPS) is 6.57. The fourth-order valence-electron chi connectivity index (χ4n) is 0.203. The Kier molecular flexibility index (Phi) is 8.67. The first kappa shape index (κ1) is 10.1. The molecule has 0 aromatic rings. The van der Waals surface area contributed by atoms with Crippen molar-refractivity contribution in [2.24, 2.45) is 0 Å². The molecule has 0 fully saturated rings. The van der Waals surface area contributed by atoms with Gasteiger partial charge in [0.2, 0.25) is 0 Å². The summed E-state index contributed by atoms with van der Waals surface area (Å²) in [4.78, 5) is 9.82. The summed E-state index contributed by atoms with van der Waals surface area (Å²) in [6.45, 7) is 3.65. The van der Waals surface area contributed by atoms with Gasteiger partial charge in [-0.25, -0.2) is 0 Å². The summed E-state index contributed by atoms with van der Waals surface area (Å²) in [6.07, 6.45) is 0. The van der Waals surface area contributed by atoms with E-state index in [1.165, 1.54) is 6.92 Å². The van der Waals surface area contributed by atoms with Crippen LogP contribution in [0.25, 0.3) is 0 Å². The summed E-state index contributed by atoms with van der Waals surface area (Å²) in [5, 5.41) is 0. The summed E-state index contributed by atoms with van der Waals surface area (Å²) in [5.41, 5.74) is 0. The Morgan fingerprint density at radius 3 is 2.14 bits per heavy atom. The zero-order valence-electron chi connectivity index (χ0n) is 4.02. The number of carbonyl (C=O) groups is 1. The van der Waals surface area contributed by atoms with Crippen LogP contribution < -0.4 is 0 Å². The van der Waals surface area contributed by atoms with Crippen LogP contribution in [0.15, 0.2) is 0 Å². The van der Waals surface area contributed by atoms with Crippen LogP contribution in [0, 0.1) is 0 Å². The molecule has 0 bridgehead atoms. The molecule has 0 aliphatic carbocycles. The van der Waals surface area contributed by atoms with Gasteiger partial charge in [-0.05, 0) is 6.92 Å². The van der Waals surface area contributed by atoms with Crippen LogP contribution in [0.4, 0.5) is 0 Å². The Hall–Kier alpha value is 0.0129. The molecule has 0 radical (unpaired) electrons. The van der Waals surface area contributed by atoms with Crippen LogP contribution in [0.2, 0.25) is 0 Å². The monoisotopic (exact) mass is 166 g/mol. The van der Waals surface area contributed by atoms with E-state index in [2.05, 4.69) is 4.74 Å². The second kappa shape index (κ2) is 6.01. The standard InChI is InChI=1S/C4H8O2.GeH4/c1-3-6-4(2)5;/h3H2,1-2H3;1H4. The summed E-state index contributed by atoms with van der Waals surface area (Å²) in [5.74, 6) is -0.211. The molecule has 0 rings (SSSR count). The van der Waals surface area contributed by atoms with E-state index >= 15 is 0 Å². The molecule has 0 saturated carbocycles. The molecule has 0 aromatic heterocycles. The number of rotatable bonds is 1. The zero-order chi connectivity index (χ0) is 4.99. The van der Waals surface area contributed by atoms with Crippen molar-refractivity contribution < 1.29 is 9.53 Å². The fourth-order valence-corrected chi connectivity index (χ4v) is 0.203. The van der Waals surface area contributed by atoms with Crippen LogP contribution in [-0.2, 0) is 9.53 Å². The Morgan fingerprint density at radius 2 is 2.14 bits per heavy atom. The molecule has 0 N–H and O–H groups in total. The van der Waals surface area contributed by atoms with Crippen molar-refractivity contribution in [1.29, 1.82) is 0 Å². The van der Waals surface area contributed by atoms with Crippen molar-refractivity contribution in [3.05, 3.63) is 0 Å². The van der Waals surface area contributed by atoms with Crippen molar-refractivity contribution in [3.63, 3.8) is 0 Å². The summed E-state index contributed by atoms with van der Waals surface area (Å²) in [6, 6.07) is 0. The maximum absolute atomic E-state index is 9.82. The maximum atomic E-state index is 9.82. The van der Waals surface area contributed by atoms with E-state index in [0.717, 1.165) is 0 Å². The van der Waals surface area contributed by atoms with Gasteiger partial charge in [-0.1, -0.05) is 0 Å². The average molecular weight is 165 g/mol.